The molecule has 0 bridgehead atoms. The molecule has 1 atom stereocenters. The standard InChI is InChI=1S/C40H29F12NO2/c1-21(22-7-5-4-6-8-22)53-19-31-29(23-13-25(37(41,42)43)17-26(14-23)38(44,45)46)9-11-33(54-2)35(31)36-32(20-53)30(10-12-34(36)55-3)24-15-27(39(47,48)49)18-28(16-24)40(50,51)52/h4-18,21H,19-20H2,1-3H3/t21-/m1/s1. The number of benzene rings is 5. The first kappa shape index (κ1) is 39.5. The van der Waals surface area contributed by atoms with Crippen LogP contribution in [0, 0.1) is 0 Å². The van der Waals surface area contributed by atoms with Crippen LogP contribution in [0.3, 0.4) is 0 Å². The number of halogens is 12. The maximum atomic E-state index is 14.1. The van der Waals surface area contributed by atoms with Crippen molar-refractivity contribution >= 4 is 0 Å². The monoisotopic (exact) mass is 783 g/mol. The quantitative estimate of drug-likeness (QED) is 0.160. The summed E-state index contributed by atoms with van der Waals surface area (Å²) in [5, 5.41) is 0. The molecule has 15 heteroatoms. The van der Waals surface area contributed by atoms with Crippen LogP contribution >= 0.6 is 0 Å². The topological polar surface area (TPSA) is 21.7 Å². The van der Waals surface area contributed by atoms with E-state index in [2.05, 4.69) is 0 Å². The molecule has 5 aromatic rings. The summed E-state index contributed by atoms with van der Waals surface area (Å²) in [7, 11) is 2.52. The van der Waals surface area contributed by atoms with E-state index in [9.17, 15) is 52.7 Å². The van der Waals surface area contributed by atoms with Gasteiger partial charge >= 0.3 is 24.7 Å². The fraction of sp³-hybridized carbons (Fsp3) is 0.250. The van der Waals surface area contributed by atoms with E-state index in [-0.39, 0.29) is 70.1 Å². The van der Waals surface area contributed by atoms with E-state index in [1.54, 1.807) is 42.2 Å². The lowest BCUT2D eigenvalue weighted by atomic mass is 9.85. The van der Waals surface area contributed by atoms with E-state index in [1.165, 1.54) is 38.5 Å². The number of hydrogen-bond acceptors (Lipinski definition) is 3. The lowest BCUT2D eigenvalue weighted by Crippen LogP contribution is -2.26. The van der Waals surface area contributed by atoms with Gasteiger partial charge in [-0.15, -0.1) is 0 Å². The Labute approximate surface area is 306 Å². The maximum absolute atomic E-state index is 14.1. The van der Waals surface area contributed by atoms with E-state index in [0.29, 0.717) is 29.8 Å². The van der Waals surface area contributed by atoms with Crippen molar-refractivity contribution in [2.45, 2.75) is 50.8 Å². The Morgan fingerprint density at radius 1 is 0.491 bits per heavy atom. The van der Waals surface area contributed by atoms with E-state index in [1.807, 2.05) is 0 Å². The van der Waals surface area contributed by atoms with Gasteiger partial charge in [-0.05, 0) is 94.4 Å². The average Bonchev–Trinajstić information content (AvgIpc) is 3.30. The van der Waals surface area contributed by atoms with Gasteiger partial charge in [-0.25, -0.2) is 0 Å². The third kappa shape index (κ3) is 7.84. The normalized spacial score (nSPS) is 14.5. The molecule has 3 nitrogen and oxygen atoms in total. The van der Waals surface area contributed by atoms with Gasteiger partial charge in [0.15, 0.2) is 0 Å². The molecule has 0 amide bonds. The van der Waals surface area contributed by atoms with E-state index >= 15 is 0 Å². The van der Waals surface area contributed by atoms with Crippen LogP contribution in [0.25, 0.3) is 33.4 Å². The Bertz CT molecular complexity index is 2020. The minimum Gasteiger partial charge on any atom is -0.496 e. The van der Waals surface area contributed by atoms with Crippen LogP contribution in [0.15, 0.2) is 91.0 Å². The summed E-state index contributed by atoms with van der Waals surface area (Å²) >= 11 is 0. The van der Waals surface area contributed by atoms with Gasteiger partial charge in [-0.3, -0.25) is 4.90 Å². The number of nitrogens with zero attached hydrogens (tertiary/aromatic N) is 1. The van der Waals surface area contributed by atoms with Crippen LogP contribution in [0.1, 0.15) is 51.9 Å². The maximum Gasteiger partial charge on any atom is 0.416 e. The molecule has 0 spiro atoms. The Kier molecular flexibility index (Phi) is 10.2. The molecule has 6 rings (SSSR count). The van der Waals surface area contributed by atoms with Crippen LogP contribution in [0.5, 0.6) is 11.5 Å². The third-order valence-electron chi connectivity index (χ3n) is 9.59. The minimum atomic E-state index is -5.17. The first-order chi connectivity index (χ1) is 25.6. The zero-order chi connectivity index (χ0) is 40.2. The molecule has 1 aliphatic heterocycles. The molecule has 0 N–H and O–H groups in total. The smallest absolute Gasteiger partial charge is 0.416 e. The molecule has 290 valence electrons. The predicted octanol–water partition coefficient (Wildman–Crippen LogP) is 12.9. The highest BCUT2D eigenvalue weighted by Crippen LogP contribution is 2.52. The fourth-order valence-electron chi connectivity index (χ4n) is 6.91. The lowest BCUT2D eigenvalue weighted by Gasteiger charge is -2.30. The van der Waals surface area contributed by atoms with Crippen molar-refractivity contribution in [1.29, 1.82) is 0 Å². The van der Waals surface area contributed by atoms with Gasteiger partial charge in [-0.1, -0.05) is 42.5 Å². The summed E-state index contributed by atoms with van der Waals surface area (Å²) < 4.78 is 180. The largest absolute Gasteiger partial charge is 0.496 e. The van der Waals surface area contributed by atoms with Crippen LogP contribution < -0.4 is 9.47 Å². The predicted molar refractivity (Wildman–Crippen MR) is 180 cm³/mol. The van der Waals surface area contributed by atoms with Crippen molar-refractivity contribution in [3.63, 3.8) is 0 Å². The molecular weight excluding hydrogens is 754 g/mol. The lowest BCUT2D eigenvalue weighted by molar-refractivity contribution is -0.144. The van der Waals surface area contributed by atoms with E-state index in [0.717, 1.165) is 0 Å². The van der Waals surface area contributed by atoms with E-state index < -0.39 is 64.1 Å². The van der Waals surface area contributed by atoms with Gasteiger partial charge in [0.25, 0.3) is 0 Å². The van der Waals surface area contributed by atoms with Crippen LogP contribution in [-0.4, -0.2) is 19.1 Å². The minimum absolute atomic E-state index is 0.00432. The van der Waals surface area contributed by atoms with Crippen LogP contribution in [0.2, 0.25) is 0 Å². The Morgan fingerprint density at radius 3 is 1.15 bits per heavy atom. The second-order valence-electron chi connectivity index (χ2n) is 12.9. The molecule has 0 aliphatic carbocycles. The molecule has 0 unspecified atom stereocenters. The number of methoxy groups -OCH3 is 2. The number of alkyl halides is 12. The van der Waals surface area contributed by atoms with Crippen molar-refractivity contribution in [3.05, 3.63) is 130 Å². The molecule has 0 radical (unpaired) electrons. The van der Waals surface area contributed by atoms with Gasteiger partial charge in [0, 0.05) is 30.3 Å². The summed E-state index contributed by atoms with van der Waals surface area (Å²) in [6.07, 6.45) is -20.7. The molecule has 5 aromatic carbocycles. The number of fused-ring (bicyclic) bond motifs is 3. The number of ether oxygens (including phenoxy) is 2. The van der Waals surface area contributed by atoms with E-state index in [4.69, 9.17) is 9.47 Å². The highest BCUT2D eigenvalue weighted by Gasteiger charge is 2.40. The molecule has 1 heterocycles. The first-order valence-electron chi connectivity index (χ1n) is 16.4. The summed E-state index contributed by atoms with van der Waals surface area (Å²) in [5.74, 6) is 0.125. The van der Waals surface area contributed by atoms with Gasteiger partial charge in [0.05, 0.1) is 36.5 Å². The fourth-order valence-corrected chi connectivity index (χ4v) is 6.91. The molecule has 0 saturated heterocycles. The zero-order valence-corrected chi connectivity index (χ0v) is 29.0. The van der Waals surface area contributed by atoms with Gasteiger partial charge in [0.1, 0.15) is 11.5 Å². The summed E-state index contributed by atoms with van der Waals surface area (Å²) in [5.41, 5.74) is -5.97. The van der Waals surface area contributed by atoms with Crippen molar-refractivity contribution in [2.24, 2.45) is 0 Å². The first-order valence-corrected chi connectivity index (χ1v) is 16.4. The molecule has 55 heavy (non-hydrogen) atoms. The zero-order valence-electron chi connectivity index (χ0n) is 29.0. The molecule has 0 saturated carbocycles. The molecule has 1 aliphatic rings. The van der Waals surface area contributed by atoms with Crippen LogP contribution in [0.4, 0.5) is 52.7 Å². The highest BCUT2D eigenvalue weighted by molar-refractivity contribution is 5.91. The Balaban J connectivity index is 1.74. The molecule has 0 aromatic heterocycles. The number of hydrogen-bond donors (Lipinski definition) is 0. The second-order valence-corrected chi connectivity index (χ2v) is 12.9. The van der Waals surface area contributed by atoms with Gasteiger partial charge in [-0.2, -0.15) is 52.7 Å². The van der Waals surface area contributed by atoms with Crippen molar-refractivity contribution < 1.29 is 62.2 Å². The SMILES string of the molecule is COc1ccc(-c2cc(C(F)(F)F)cc(C(F)(F)F)c2)c2c1-c1c(OC)ccc(-c3cc(C(F)(F)F)cc(C(F)(F)F)c3)c1CN([C@H](C)c1ccccc1)C2. The summed E-state index contributed by atoms with van der Waals surface area (Å²) in [4.78, 5) is 1.77. The van der Waals surface area contributed by atoms with Crippen molar-refractivity contribution in [1.82, 2.24) is 4.90 Å². The van der Waals surface area contributed by atoms with Gasteiger partial charge < -0.3 is 9.47 Å². The highest BCUT2D eigenvalue weighted by atomic mass is 19.4. The van der Waals surface area contributed by atoms with Gasteiger partial charge in [0.2, 0.25) is 0 Å². The van der Waals surface area contributed by atoms with Crippen LogP contribution in [-0.2, 0) is 37.8 Å². The van der Waals surface area contributed by atoms with Crippen molar-refractivity contribution in [2.75, 3.05) is 14.2 Å². The number of rotatable bonds is 6. The summed E-state index contributed by atoms with van der Waals surface area (Å²) in [6.45, 7) is 1.41. The Morgan fingerprint density at radius 2 is 0.836 bits per heavy atom. The molecular formula is C40H29F12NO2. The Hall–Kier alpha value is -5.18. The third-order valence-corrected chi connectivity index (χ3v) is 9.59. The average molecular weight is 784 g/mol. The van der Waals surface area contributed by atoms with Crippen molar-refractivity contribution in [3.8, 4) is 44.9 Å². The summed E-state index contributed by atoms with van der Waals surface area (Å²) in [6, 6.07) is 15.8. The molecule has 0 fully saturated rings. The second kappa shape index (κ2) is 14.2.